The van der Waals surface area contributed by atoms with Crippen LogP contribution in [0.25, 0.3) is 0 Å². The van der Waals surface area contributed by atoms with Crippen molar-refractivity contribution in [3.05, 3.63) is 12.2 Å². The quantitative estimate of drug-likeness (QED) is 0.0195. The first-order valence-electron chi connectivity index (χ1n) is 26.4. The molecule has 0 fully saturated rings. The highest BCUT2D eigenvalue weighted by molar-refractivity contribution is 7.45. The Hall–Kier alpha value is -1.25. The summed E-state index contributed by atoms with van der Waals surface area (Å²) in [6.07, 6.45) is 49.5. The molecule has 62 heavy (non-hydrogen) atoms. The third-order valence-corrected chi connectivity index (χ3v) is 12.7. The lowest BCUT2D eigenvalue weighted by Crippen LogP contribution is -2.37. The lowest BCUT2D eigenvalue weighted by atomic mass is 10.0. The molecule has 0 saturated heterocycles. The molecule has 2 atom stereocenters. The Morgan fingerprint density at radius 2 is 0.823 bits per heavy atom. The number of allylic oxidation sites excluding steroid dienone is 2. The second-order valence-corrected chi connectivity index (χ2v) is 20.7. The molecular weight excluding hydrogens is 798 g/mol. The molecule has 0 heterocycles. The molecule has 0 aliphatic carbocycles. The van der Waals surface area contributed by atoms with Gasteiger partial charge in [0.25, 0.3) is 7.82 Å². The number of carbonyl (C=O) groups is 2. The number of ether oxygens (including phenoxy) is 2. The SMILES string of the molecule is CCCCCCCCCC/C=C\CCCCCCCCCC(=O)OC[C@H](COP(=O)([O-])OCC[N+](C)(C)C)OC(=O)CCCCCCCCCCCCCCCCCCCCC. The van der Waals surface area contributed by atoms with Crippen LogP contribution in [-0.2, 0) is 32.7 Å². The predicted molar refractivity (Wildman–Crippen MR) is 259 cm³/mol. The van der Waals surface area contributed by atoms with Gasteiger partial charge in [-0.3, -0.25) is 14.2 Å². The van der Waals surface area contributed by atoms with Crippen LogP contribution in [0, 0.1) is 0 Å². The number of hydrogen-bond acceptors (Lipinski definition) is 8. The molecule has 0 N–H and O–H groups in total. The minimum atomic E-state index is -4.63. The van der Waals surface area contributed by atoms with Crippen molar-refractivity contribution in [1.82, 2.24) is 0 Å². The molecule has 0 aromatic carbocycles. The first-order chi connectivity index (χ1) is 30.0. The third-order valence-electron chi connectivity index (χ3n) is 11.8. The van der Waals surface area contributed by atoms with Gasteiger partial charge in [0.1, 0.15) is 19.8 Å². The van der Waals surface area contributed by atoms with Crippen LogP contribution in [0.4, 0.5) is 0 Å². The summed E-state index contributed by atoms with van der Waals surface area (Å²) in [5.74, 6) is -0.823. The van der Waals surface area contributed by atoms with Gasteiger partial charge in [-0.25, -0.2) is 0 Å². The molecule has 10 heteroatoms. The maximum atomic E-state index is 12.7. The minimum absolute atomic E-state index is 0.0279. The van der Waals surface area contributed by atoms with Gasteiger partial charge in [0.05, 0.1) is 27.7 Å². The number of quaternary nitrogens is 1. The van der Waals surface area contributed by atoms with Crippen LogP contribution in [0.5, 0.6) is 0 Å². The molecule has 0 saturated carbocycles. The van der Waals surface area contributed by atoms with Gasteiger partial charge >= 0.3 is 11.9 Å². The lowest BCUT2D eigenvalue weighted by molar-refractivity contribution is -0.870. The molecule has 0 amide bonds. The topological polar surface area (TPSA) is 111 Å². The number of nitrogens with zero attached hydrogens (tertiary/aromatic N) is 1. The molecule has 0 aliphatic heterocycles. The van der Waals surface area contributed by atoms with Gasteiger partial charge in [-0.1, -0.05) is 219 Å². The van der Waals surface area contributed by atoms with E-state index in [1.54, 1.807) is 0 Å². The van der Waals surface area contributed by atoms with Crippen molar-refractivity contribution in [2.75, 3.05) is 47.5 Å². The first kappa shape index (κ1) is 60.8. The number of likely N-dealkylation sites (N-methyl/N-ethyl adjacent to an activating group) is 1. The monoisotopic (exact) mass is 900 g/mol. The maximum Gasteiger partial charge on any atom is 0.306 e. The summed E-state index contributed by atoms with van der Waals surface area (Å²) >= 11 is 0. The summed E-state index contributed by atoms with van der Waals surface area (Å²) < 4.78 is 34.1. The zero-order valence-electron chi connectivity index (χ0n) is 41.6. The number of hydrogen-bond donors (Lipinski definition) is 0. The summed E-state index contributed by atoms with van der Waals surface area (Å²) in [5.41, 5.74) is 0. The van der Waals surface area contributed by atoms with Gasteiger partial charge < -0.3 is 27.9 Å². The van der Waals surface area contributed by atoms with Crippen LogP contribution in [0.15, 0.2) is 12.2 Å². The van der Waals surface area contributed by atoms with E-state index in [2.05, 4.69) is 26.0 Å². The highest BCUT2D eigenvalue weighted by atomic mass is 31.2. The lowest BCUT2D eigenvalue weighted by Gasteiger charge is -2.28. The Balaban J connectivity index is 4.21. The molecule has 368 valence electrons. The van der Waals surface area contributed by atoms with E-state index in [4.69, 9.17) is 18.5 Å². The molecule has 0 rings (SSSR count). The molecule has 0 bridgehead atoms. The van der Waals surface area contributed by atoms with Crippen LogP contribution < -0.4 is 4.89 Å². The van der Waals surface area contributed by atoms with Crippen LogP contribution >= 0.6 is 7.82 Å². The average Bonchev–Trinajstić information content (AvgIpc) is 3.23. The molecule has 0 aromatic rings. The molecule has 0 spiro atoms. The largest absolute Gasteiger partial charge is 0.756 e. The van der Waals surface area contributed by atoms with E-state index >= 15 is 0 Å². The van der Waals surface area contributed by atoms with Crippen LogP contribution in [0.3, 0.4) is 0 Å². The Morgan fingerprint density at radius 1 is 0.484 bits per heavy atom. The summed E-state index contributed by atoms with van der Waals surface area (Å²) in [7, 11) is 1.18. The fourth-order valence-corrected chi connectivity index (χ4v) is 8.38. The maximum absolute atomic E-state index is 12.7. The smallest absolute Gasteiger partial charge is 0.306 e. The molecule has 0 aliphatic rings. The molecule has 0 radical (unpaired) electrons. The van der Waals surface area contributed by atoms with E-state index in [0.29, 0.717) is 17.4 Å². The van der Waals surface area contributed by atoms with Crippen LogP contribution in [0.2, 0.25) is 0 Å². The second-order valence-electron chi connectivity index (χ2n) is 19.2. The van der Waals surface area contributed by atoms with Gasteiger partial charge in [-0.15, -0.1) is 0 Å². The Bertz CT molecular complexity index is 1060. The fourth-order valence-electron chi connectivity index (χ4n) is 7.65. The Morgan fingerprint density at radius 3 is 1.19 bits per heavy atom. The van der Waals surface area contributed by atoms with E-state index in [1.807, 2.05) is 21.1 Å². The number of rotatable bonds is 49. The molecular formula is C52H102NO8P. The molecule has 0 aromatic heterocycles. The normalized spacial score (nSPS) is 13.5. The predicted octanol–water partition coefficient (Wildman–Crippen LogP) is 15.1. The standard InChI is InChI=1S/C52H102NO8P/c1-6-8-10-12-14-16-18-20-22-24-26-28-30-32-34-36-38-40-42-44-51(54)58-48-50(49-60-62(56,57)59-47-46-53(3,4)5)61-52(55)45-43-41-39-37-35-33-31-29-27-25-23-21-19-17-15-13-11-9-7-2/h24,26,50H,6-23,25,27-49H2,1-5H3/b26-24-/t50-/m1/s1. The van der Waals surface area contributed by atoms with Crippen molar-refractivity contribution in [3.63, 3.8) is 0 Å². The van der Waals surface area contributed by atoms with Gasteiger partial charge in [0.15, 0.2) is 6.10 Å². The number of phosphoric ester groups is 1. The van der Waals surface area contributed by atoms with E-state index in [0.717, 1.165) is 38.5 Å². The number of unbranched alkanes of at least 4 members (excludes halogenated alkanes) is 33. The highest BCUT2D eigenvalue weighted by Crippen LogP contribution is 2.38. The van der Waals surface area contributed by atoms with Crippen molar-refractivity contribution in [2.45, 2.75) is 264 Å². The van der Waals surface area contributed by atoms with Crippen molar-refractivity contribution >= 4 is 19.8 Å². The average molecular weight is 900 g/mol. The van der Waals surface area contributed by atoms with Gasteiger partial charge in [-0.05, 0) is 38.5 Å². The van der Waals surface area contributed by atoms with E-state index in [1.165, 1.54) is 186 Å². The van der Waals surface area contributed by atoms with Crippen LogP contribution in [0.1, 0.15) is 258 Å². The van der Waals surface area contributed by atoms with E-state index in [9.17, 15) is 19.0 Å². The summed E-state index contributed by atoms with van der Waals surface area (Å²) in [6, 6.07) is 0. The van der Waals surface area contributed by atoms with Gasteiger partial charge in [0, 0.05) is 12.8 Å². The Kier molecular flexibility index (Phi) is 44.0. The zero-order valence-corrected chi connectivity index (χ0v) is 42.5. The van der Waals surface area contributed by atoms with Crippen molar-refractivity contribution < 1.29 is 42.1 Å². The highest BCUT2D eigenvalue weighted by Gasteiger charge is 2.21. The molecule has 9 nitrogen and oxygen atoms in total. The van der Waals surface area contributed by atoms with Crippen LogP contribution in [-0.4, -0.2) is 70.0 Å². The first-order valence-corrected chi connectivity index (χ1v) is 27.9. The minimum Gasteiger partial charge on any atom is -0.756 e. The Labute approximate surface area is 384 Å². The van der Waals surface area contributed by atoms with Crippen molar-refractivity contribution in [3.8, 4) is 0 Å². The summed E-state index contributed by atoms with van der Waals surface area (Å²) in [5, 5.41) is 0. The van der Waals surface area contributed by atoms with Crippen molar-refractivity contribution in [2.24, 2.45) is 0 Å². The van der Waals surface area contributed by atoms with Gasteiger partial charge in [0.2, 0.25) is 0 Å². The molecule has 1 unspecified atom stereocenters. The zero-order chi connectivity index (χ0) is 45.7. The van der Waals surface area contributed by atoms with E-state index < -0.39 is 26.5 Å². The fraction of sp³-hybridized carbons (Fsp3) is 0.923. The third kappa shape index (κ3) is 48.2. The second kappa shape index (κ2) is 44.9. The van der Waals surface area contributed by atoms with Crippen molar-refractivity contribution in [1.29, 1.82) is 0 Å². The number of carbonyl (C=O) groups excluding carboxylic acids is 2. The number of phosphoric acid groups is 1. The summed E-state index contributed by atoms with van der Waals surface area (Å²) in [6.45, 7) is 4.28. The number of esters is 2. The summed E-state index contributed by atoms with van der Waals surface area (Å²) in [4.78, 5) is 37.7. The van der Waals surface area contributed by atoms with E-state index in [-0.39, 0.29) is 32.0 Å². The van der Waals surface area contributed by atoms with Gasteiger partial charge in [-0.2, -0.15) is 0 Å².